The molecule has 0 aliphatic carbocycles. The van der Waals surface area contributed by atoms with Gasteiger partial charge < -0.3 is 9.84 Å². The average molecular weight is 272 g/mol. The second kappa shape index (κ2) is 5.49. The van der Waals surface area contributed by atoms with Crippen molar-refractivity contribution in [3.05, 3.63) is 34.1 Å². The predicted molar refractivity (Wildman–Crippen MR) is 67.1 cm³/mol. The lowest BCUT2D eigenvalue weighted by molar-refractivity contribution is 0.420. The molecule has 0 radical (unpaired) electrons. The van der Waals surface area contributed by atoms with Gasteiger partial charge in [0.2, 0.25) is 0 Å². The summed E-state index contributed by atoms with van der Waals surface area (Å²) in [5.41, 5.74) is 0.759. The van der Waals surface area contributed by atoms with Crippen LogP contribution < -0.4 is 5.32 Å². The van der Waals surface area contributed by atoms with Gasteiger partial charge in [-0.2, -0.15) is 4.98 Å². The lowest BCUT2D eigenvalue weighted by Crippen LogP contribution is -2.12. The molecule has 0 atom stereocenters. The maximum Gasteiger partial charge on any atom is 0.258 e. The van der Waals surface area contributed by atoms with Crippen LogP contribution in [0.5, 0.6) is 0 Å². The Kier molecular flexibility index (Phi) is 3.99. The van der Waals surface area contributed by atoms with Crippen LogP contribution in [0.15, 0.2) is 22.7 Å². The van der Waals surface area contributed by atoms with Crippen molar-refractivity contribution < 1.29 is 4.52 Å². The van der Waals surface area contributed by atoms with Gasteiger partial charge in [0.25, 0.3) is 5.89 Å². The minimum absolute atomic E-state index is 0.441. The summed E-state index contributed by atoms with van der Waals surface area (Å²) >= 11 is 11.8. The molecular formula is C11H11Cl2N3O. The molecule has 0 aliphatic rings. The highest BCUT2D eigenvalue weighted by atomic mass is 35.5. The number of nitrogens with one attached hydrogen (secondary N) is 1. The summed E-state index contributed by atoms with van der Waals surface area (Å²) in [6.45, 7) is 3.46. The van der Waals surface area contributed by atoms with Crippen molar-refractivity contribution in [1.82, 2.24) is 15.5 Å². The number of benzene rings is 1. The van der Waals surface area contributed by atoms with E-state index < -0.39 is 0 Å². The van der Waals surface area contributed by atoms with Crippen molar-refractivity contribution in [3.63, 3.8) is 0 Å². The molecule has 0 spiro atoms. The summed E-state index contributed by atoms with van der Waals surface area (Å²) in [7, 11) is 0. The van der Waals surface area contributed by atoms with E-state index in [4.69, 9.17) is 27.7 Å². The number of hydrogen-bond donors (Lipinski definition) is 1. The normalized spacial score (nSPS) is 10.8. The van der Waals surface area contributed by atoms with Crippen LogP contribution in [-0.4, -0.2) is 16.7 Å². The summed E-state index contributed by atoms with van der Waals surface area (Å²) in [5.74, 6) is 1.06. The predicted octanol–water partition coefficient (Wildman–Crippen LogP) is 3.15. The van der Waals surface area contributed by atoms with Gasteiger partial charge in [-0.3, -0.25) is 0 Å². The summed E-state index contributed by atoms with van der Waals surface area (Å²) in [6.07, 6.45) is 0. The summed E-state index contributed by atoms with van der Waals surface area (Å²) in [4.78, 5) is 4.25. The standard InChI is InChI=1S/C11H11Cl2N3O/c1-2-14-6-10-15-11(17-16-10)7-3-4-8(12)9(13)5-7/h3-5,14H,2,6H2,1H3. The Morgan fingerprint density at radius 2 is 2.12 bits per heavy atom. The molecule has 1 heterocycles. The van der Waals surface area contributed by atoms with E-state index >= 15 is 0 Å². The Labute approximate surface area is 109 Å². The van der Waals surface area contributed by atoms with Crippen LogP contribution in [0.4, 0.5) is 0 Å². The smallest absolute Gasteiger partial charge is 0.258 e. The van der Waals surface area contributed by atoms with Gasteiger partial charge in [-0.15, -0.1) is 0 Å². The zero-order valence-electron chi connectivity index (χ0n) is 9.20. The van der Waals surface area contributed by atoms with E-state index in [2.05, 4.69) is 15.5 Å². The van der Waals surface area contributed by atoms with Crippen molar-refractivity contribution in [3.8, 4) is 11.5 Å². The zero-order chi connectivity index (χ0) is 12.3. The zero-order valence-corrected chi connectivity index (χ0v) is 10.7. The van der Waals surface area contributed by atoms with Crippen LogP contribution in [-0.2, 0) is 6.54 Å². The van der Waals surface area contributed by atoms with Gasteiger partial charge in [0.05, 0.1) is 16.6 Å². The first-order valence-electron chi connectivity index (χ1n) is 5.19. The minimum atomic E-state index is 0.441. The third-order valence-corrected chi connectivity index (χ3v) is 2.91. The fraction of sp³-hybridized carbons (Fsp3) is 0.273. The highest BCUT2D eigenvalue weighted by Gasteiger charge is 2.09. The first-order chi connectivity index (χ1) is 8.20. The lowest BCUT2D eigenvalue weighted by atomic mass is 10.2. The van der Waals surface area contributed by atoms with E-state index in [0.717, 1.165) is 12.1 Å². The van der Waals surface area contributed by atoms with Crippen LogP contribution in [0.2, 0.25) is 10.0 Å². The molecule has 0 saturated carbocycles. The molecule has 0 fully saturated rings. The van der Waals surface area contributed by atoms with Gasteiger partial charge in [-0.05, 0) is 24.7 Å². The molecule has 1 N–H and O–H groups in total. The maximum atomic E-state index is 5.92. The van der Waals surface area contributed by atoms with Gasteiger partial charge in [-0.25, -0.2) is 0 Å². The number of hydrogen-bond acceptors (Lipinski definition) is 4. The highest BCUT2D eigenvalue weighted by Crippen LogP contribution is 2.27. The van der Waals surface area contributed by atoms with E-state index in [9.17, 15) is 0 Å². The van der Waals surface area contributed by atoms with Crippen LogP contribution in [0, 0.1) is 0 Å². The Balaban J connectivity index is 2.21. The van der Waals surface area contributed by atoms with E-state index in [-0.39, 0.29) is 0 Å². The van der Waals surface area contributed by atoms with E-state index in [0.29, 0.717) is 28.3 Å². The fourth-order valence-electron chi connectivity index (χ4n) is 1.31. The van der Waals surface area contributed by atoms with E-state index in [1.54, 1.807) is 18.2 Å². The van der Waals surface area contributed by atoms with Gasteiger partial charge in [0, 0.05) is 5.56 Å². The Hall–Kier alpha value is -1.10. The summed E-state index contributed by atoms with van der Waals surface area (Å²) in [5, 5.41) is 7.95. The molecule has 90 valence electrons. The first-order valence-corrected chi connectivity index (χ1v) is 5.95. The molecule has 2 rings (SSSR count). The van der Waals surface area contributed by atoms with Crippen LogP contribution >= 0.6 is 23.2 Å². The molecule has 0 bridgehead atoms. The number of halogens is 2. The molecule has 0 saturated heterocycles. The van der Waals surface area contributed by atoms with Crippen LogP contribution in [0.1, 0.15) is 12.7 Å². The second-order valence-electron chi connectivity index (χ2n) is 3.42. The third-order valence-electron chi connectivity index (χ3n) is 2.17. The summed E-state index contributed by atoms with van der Waals surface area (Å²) in [6, 6.07) is 5.20. The highest BCUT2D eigenvalue weighted by molar-refractivity contribution is 6.42. The van der Waals surface area contributed by atoms with Crippen molar-refractivity contribution >= 4 is 23.2 Å². The van der Waals surface area contributed by atoms with Crippen molar-refractivity contribution in [2.45, 2.75) is 13.5 Å². The van der Waals surface area contributed by atoms with E-state index in [1.165, 1.54) is 0 Å². The van der Waals surface area contributed by atoms with Crippen LogP contribution in [0.25, 0.3) is 11.5 Å². The number of rotatable bonds is 4. The fourth-order valence-corrected chi connectivity index (χ4v) is 1.61. The largest absolute Gasteiger partial charge is 0.334 e. The van der Waals surface area contributed by atoms with Gasteiger partial charge in [0.15, 0.2) is 5.82 Å². The average Bonchev–Trinajstić information content (AvgIpc) is 2.79. The second-order valence-corrected chi connectivity index (χ2v) is 4.24. The van der Waals surface area contributed by atoms with Crippen molar-refractivity contribution in [2.75, 3.05) is 6.54 Å². The van der Waals surface area contributed by atoms with E-state index in [1.807, 2.05) is 6.92 Å². The molecule has 0 unspecified atom stereocenters. The third kappa shape index (κ3) is 2.97. The van der Waals surface area contributed by atoms with Crippen molar-refractivity contribution in [2.24, 2.45) is 0 Å². The molecule has 6 heteroatoms. The van der Waals surface area contributed by atoms with Gasteiger partial charge in [0.1, 0.15) is 0 Å². The summed E-state index contributed by atoms with van der Waals surface area (Å²) < 4.78 is 5.14. The maximum absolute atomic E-state index is 5.92. The van der Waals surface area contributed by atoms with Crippen molar-refractivity contribution in [1.29, 1.82) is 0 Å². The Bertz CT molecular complexity index is 513. The molecule has 0 aliphatic heterocycles. The molecule has 0 amide bonds. The monoisotopic (exact) mass is 271 g/mol. The molecule has 4 nitrogen and oxygen atoms in total. The first kappa shape index (κ1) is 12.4. The van der Waals surface area contributed by atoms with Gasteiger partial charge >= 0.3 is 0 Å². The quantitative estimate of drug-likeness (QED) is 0.928. The molecular weight excluding hydrogens is 261 g/mol. The molecule has 1 aromatic heterocycles. The minimum Gasteiger partial charge on any atom is -0.334 e. The SMILES string of the molecule is CCNCc1noc(-c2ccc(Cl)c(Cl)c2)n1. The van der Waals surface area contributed by atoms with Gasteiger partial charge in [-0.1, -0.05) is 35.3 Å². The van der Waals surface area contributed by atoms with Crippen LogP contribution in [0.3, 0.4) is 0 Å². The molecule has 17 heavy (non-hydrogen) atoms. The lowest BCUT2D eigenvalue weighted by Gasteiger charge is -1.97. The molecule has 1 aromatic carbocycles. The number of aromatic nitrogens is 2. The molecule has 2 aromatic rings. The Morgan fingerprint density at radius 3 is 2.82 bits per heavy atom. The topological polar surface area (TPSA) is 51.0 Å². The number of nitrogens with zero attached hydrogens (tertiary/aromatic N) is 2. The Morgan fingerprint density at radius 1 is 1.29 bits per heavy atom.